The van der Waals surface area contributed by atoms with Gasteiger partial charge in [0.05, 0.1) is 0 Å². The molecule has 0 bridgehead atoms. The molecule has 1 aromatic carbocycles. The zero-order chi connectivity index (χ0) is 14.8. The molecule has 4 nitrogen and oxygen atoms in total. The molecule has 0 saturated heterocycles. The fourth-order valence-corrected chi connectivity index (χ4v) is 2.88. The van der Waals surface area contributed by atoms with Gasteiger partial charge in [0.25, 0.3) is 10.0 Å². The van der Waals surface area contributed by atoms with Crippen LogP contribution in [0.2, 0.25) is 0 Å². The molecule has 1 aromatic heterocycles. The smallest absolute Gasteiger partial charge is 0.241 e. The molecular formula is C12H9BrF2N2O2S. The highest BCUT2D eigenvalue weighted by Gasteiger charge is 2.20. The lowest BCUT2D eigenvalue weighted by molar-refractivity contribution is 0.544. The maximum Gasteiger partial charge on any atom is 0.261 e. The van der Waals surface area contributed by atoms with Gasteiger partial charge in [-0.1, -0.05) is 15.9 Å². The Morgan fingerprint density at radius 3 is 2.70 bits per heavy atom. The predicted octanol–water partition coefficient (Wildman–Crippen LogP) is 2.60. The standard InChI is InChI=1S/C12H9BrF2N2O2S/c13-10-4-3-9(14)6-8(10)7-17-20(18,19)12-11(15)2-1-5-16-12/h1-6,17H,7H2. The fraction of sp³-hybridized carbons (Fsp3) is 0.0833. The van der Waals surface area contributed by atoms with E-state index in [1.54, 1.807) is 0 Å². The van der Waals surface area contributed by atoms with Gasteiger partial charge in [-0.2, -0.15) is 0 Å². The molecule has 0 aliphatic rings. The largest absolute Gasteiger partial charge is 0.261 e. The number of nitrogens with one attached hydrogen (secondary N) is 1. The van der Waals surface area contributed by atoms with Crippen LogP contribution in [0.3, 0.4) is 0 Å². The molecule has 0 amide bonds. The molecule has 0 radical (unpaired) electrons. The Morgan fingerprint density at radius 1 is 1.25 bits per heavy atom. The van der Waals surface area contributed by atoms with E-state index >= 15 is 0 Å². The second-order valence-corrected chi connectivity index (χ2v) is 6.39. The van der Waals surface area contributed by atoms with Crippen LogP contribution in [0.4, 0.5) is 8.78 Å². The molecule has 0 aliphatic carbocycles. The topological polar surface area (TPSA) is 59.1 Å². The van der Waals surface area contributed by atoms with Gasteiger partial charge in [-0.05, 0) is 35.9 Å². The van der Waals surface area contributed by atoms with Gasteiger partial charge in [0.1, 0.15) is 5.82 Å². The summed E-state index contributed by atoms with van der Waals surface area (Å²) in [5, 5.41) is -0.687. The van der Waals surface area contributed by atoms with Crippen LogP contribution in [0.5, 0.6) is 0 Å². The van der Waals surface area contributed by atoms with E-state index < -0.39 is 26.7 Å². The number of halogens is 3. The molecule has 8 heteroatoms. The van der Waals surface area contributed by atoms with Crippen molar-refractivity contribution in [3.8, 4) is 0 Å². The molecule has 1 N–H and O–H groups in total. The molecule has 2 rings (SSSR count). The third-order valence-corrected chi connectivity index (χ3v) is 4.55. The first-order valence-electron chi connectivity index (χ1n) is 5.44. The predicted molar refractivity (Wildman–Crippen MR) is 72.3 cm³/mol. The van der Waals surface area contributed by atoms with Crippen LogP contribution in [0.1, 0.15) is 5.56 Å². The first kappa shape index (κ1) is 15.0. The molecule has 0 spiro atoms. The van der Waals surface area contributed by atoms with Gasteiger partial charge in [0.2, 0.25) is 5.03 Å². The Bertz CT molecular complexity index is 738. The summed E-state index contributed by atoms with van der Waals surface area (Å²) in [5.41, 5.74) is 0.393. The number of aromatic nitrogens is 1. The van der Waals surface area contributed by atoms with Gasteiger partial charge < -0.3 is 0 Å². The lowest BCUT2D eigenvalue weighted by atomic mass is 10.2. The number of nitrogens with zero attached hydrogens (tertiary/aromatic N) is 1. The van der Waals surface area contributed by atoms with Crippen molar-refractivity contribution >= 4 is 26.0 Å². The zero-order valence-corrected chi connectivity index (χ0v) is 12.4. The molecule has 0 atom stereocenters. The average Bonchev–Trinajstić information content (AvgIpc) is 2.40. The van der Waals surface area contributed by atoms with Gasteiger partial charge in [0.15, 0.2) is 5.82 Å². The minimum absolute atomic E-state index is 0.184. The maximum atomic E-state index is 13.4. The van der Waals surface area contributed by atoms with Crippen molar-refractivity contribution in [2.45, 2.75) is 11.6 Å². The summed E-state index contributed by atoms with van der Waals surface area (Å²) in [6.45, 7) is -0.184. The number of hydrogen-bond acceptors (Lipinski definition) is 3. The van der Waals surface area contributed by atoms with Crippen molar-refractivity contribution in [1.29, 1.82) is 0 Å². The van der Waals surface area contributed by atoms with Crippen LogP contribution in [0.25, 0.3) is 0 Å². The number of pyridine rings is 1. The molecule has 1 heterocycles. The highest BCUT2D eigenvalue weighted by molar-refractivity contribution is 9.10. The number of sulfonamides is 1. The molecule has 2 aromatic rings. The third kappa shape index (κ3) is 3.38. The monoisotopic (exact) mass is 362 g/mol. The van der Waals surface area contributed by atoms with Gasteiger partial charge in [-0.25, -0.2) is 26.9 Å². The fourth-order valence-electron chi connectivity index (χ4n) is 1.49. The van der Waals surface area contributed by atoms with E-state index in [-0.39, 0.29) is 6.54 Å². The second kappa shape index (κ2) is 5.94. The Balaban J connectivity index is 2.22. The SMILES string of the molecule is O=S(=O)(NCc1cc(F)ccc1Br)c1ncccc1F. The summed E-state index contributed by atoms with van der Waals surface area (Å²) in [4.78, 5) is 3.49. The third-order valence-electron chi connectivity index (χ3n) is 2.44. The van der Waals surface area contributed by atoms with Gasteiger partial charge >= 0.3 is 0 Å². The van der Waals surface area contributed by atoms with Crippen LogP contribution in [-0.4, -0.2) is 13.4 Å². The molecule has 20 heavy (non-hydrogen) atoms. The lowest BCUT2D eigenvalue weighted by Crippen LogP contribution is -2.25. The van der Waals surface area contributed by atoms with E-state index in [2.05, 4.69) is 25.6 Å². The van der Waals surface area contributed by atoms with E-state index in [1.165, 1.54) is 30.5 Å². The van der Waals surface area contributed by atoms with E-state index in [9.17, 15) is 17.2 Å². The maximum absolute atomic E-state index is 13.4. The Morgan fingerprint density at radius 2 is 2.00 bits per heavy atom. The van der Waals surface area contributed by atoms with Gasteiger partial charge in [0, 0.05) is 17.2 Å². The summed E-state index contributed by atoms with van der Waals surface area (Å²) >= 11 is 3.18. The van der Waals surface area contributed by atoms with E-state index in [4.69, 9.17) is 0 Å². The molecule has 0 unspecified atom stereocenters. The highest BCUT2D eigenvalue weighted by Crippen LogP contribution is 2.18. The minimum atomic E-state index is -4.10. The van der Waals surface area contributed by atoms with Crippen LogP contribution < -0.4 is 4.72 Å². The first-order valence-corrected chi connectivity index (χ1v) is 7.72. The second-order valence-electron chi connectivity index (χ2n) is 3.85. The number of rotatable bonds is 4. The van der Waals surface area contributed by atoms with Crippen LogP contribution in [-0.2, 0) is 16.6 Å². The summed E-state index contributed by atoms with van der Waals surface area (Å²) < 4.78 is 53.0. The lowest BCUT2D eigenvalue weighted by Gasteiger charge is -2.08. The van der Waals surface area contributed by atoms with Crippen molar-refractivity contribution in [3.05, 3.63) is 58.2 Å². The molecular weight excluding hydrogens is 354 g/mol. The van der Waals surface area contributed by atoms with Crippen molar-refractivity contribution in [2.75, 3.05) is 0 Å². The van der Waals surface area contributed by atoms with Crippen molar-refractivity contribution in [2.24, 2.45) is 0 Å². The highest BCUT2D eigenvalue weighted by atomic mass is 79.9. The number of hydrogen-bond donors (Lipinski definition) is 1. The van der Waals surface area contributed by atoms with Crippen LogP contribution in [0.15, 0.2) is 46.0 Å². The molecule has 0 fully saturated rings. The first-order chi connectivity index (χ1) is 9.40. The van der Waals surface area contributed by atoms with E-state index in [0.29, 0.717) is 10.0 Å². The van der Waals surface area contributed by atoms with Crippen molar-refractivity contribution < 1.29 is 17.2 Å². The summed E-state index contributed by atoms with van der Waals surface area (Å²) in [6, 6.07) is 6.17. The van der Waals surface area contributed by atoms with E-state index in [1.807, 2.05) is 0 Å². The Hall–Kier alpha value is -1.38. The normalized spacial score (nSPS) is 11.6. The summed E-state index contributed by atoms with van der Waals surface area (Å²) in [5.74, 6) is -1.44. The van der Waals surface area contributed by atoms with Crippen molar-refractivity contribution in [1.82, 2.24) is 9.71 Å². The van der Waals surface area contributed by atoms with Gasteiger partial charge in [-0.3, -0.25) is 0 Å². The quantitative estimate of drug-likeness (QED) is 0.909. The minimum Gasteiger partial charge on any atom is -0.241 e. The van der Waals surface area contributed by atoms with Crippen LogP contribution in [0, 0.1) is 11.6 Å². The summed E-state index contributed by atoms with van der Waals surface area (Å²) in [7, 11) is -4.10. The average molecular weight is 363 g/mol. The molecule has 106 valence electrons. The van der Waals surface area contributed by atoms with Gasteiger partial charge in [-0.15, -0.1) is 0 Å². The van der Waals surface area contributed by atoms with E-state index in [0.717, 1.165) is 6.07 Å². The number of benzene rings is 1. The zero-order valence-electron chi connectivity index (χ0n) is 9.98. The molecule has 0 saturated carbocycles. The Kier molecular flexibility index (Phi) is 4.46. The van der Waals surface area contributed by atoms with Crippen molar-refractivity contribution in [3.63, 3.8) is 0 Å². The summed E-state index contributed by atoms with van der Waals surface area (Å²) in [6.07, 6.45) is 1.18. The van der Waals surface area contributed by atoms with Crippen LogP contribution >= 0.6 is 15.9 Å². The Labute approximate surface area is 123 Å². The molecule has 0 aliphatic heterocycles.